The molecule has 1 aliphatic carbocycles. The minimum Gasteiger partial charge on any atom is -0.395 e. The Balaban J connectivity index is 1.52. The van der Waals surface area contributed by atoms with E-state index in [-0.39, 0.29) is 22.3 Å². The van der Waals surface area contributed by atoms with Gasteiger partial charge < -0.3 is 16.4 Å². The van der Waals surface area contributed by atoms with Gasteiger partial charge in [0.2, 0.25) is 5.91 Å². The lowest BCUT2D eigenvalue weighted by atomic mass is 9.95. The van der Waals surface area contributed by atoms with E-state index in [9.17, 15) is 18.8 Å². The first-order chi connectivity index (χ1) is 21.7. The van der Waals surface area contributed by atoms with Crippen LogP contribution in [0.3, 0.4) is 0 Å². The molecule has 234 valence electrons. The minimum absolute atomic E-state index is 0.000447. The molecule has 1 heterocycles. The van der Waals surface area contributed by atoms with Crippen LogP contribution in [-0.4, -0.2) is 34.7 Å². The molecule has 1 atom stereocenters. The number of amides is 3. The second-order valence-corrected chi connectivity index (χ2v) is 12.2. The summed E-state index contributed by atoms with van der Waals surface area (Å²) in [6.07, 6.45) is 5.60. The molecule has 1 saturated carbocycles. The molecule has 10 heteroatoms. The molecule has 8 nitrogen and oxygen atoms in total. The van der Waals surface area contributed by atoms with Gasteiger partial charge in [0.15, 0.2) is 5.69 Å². The van der Waals surface area contributed by atoms with Gasteiger partial charge in [0, 0.05) is 18.3 Å². The van der Waals surface area contributed by atoms with Gasteiger partial charge in [-0.05, 0) is 85.1 Å². The maximum Gasteiger partial charge on any atom is 0.273 e. The van der Waals surface area contributed by atoms with E-state index < -0.39 is 29.6 Å². The molecule has 0 bridgehead atoms. The molecule has 0 radical (unpaired) electrons. The van der Waals surface area contributed by atoms with Crippen molar-refractivity contribution in [3.05, 3.63) is 111 Å². The van der Waals surface area contributed by atoms with Gasteiger partial charge >= 0.3 is 0 Å². The third-order valence-corrected chi connectivity index (χ3v) is 9.23. The fourth-order valence-corrected chi connectivity index (χ4v) is 6.46. The lowest BCUT2D eigenvalue weighted by molar-refractivity contribution is -0.122. The van der Waals surface area contributed by atoms with Crippen molar-refractivity contribution >= 4 is 40.6 Å². The molecule has 4 N–H and O–H groups in total. The Morgan fingerprint density at radius 1 is 0.978 bits per heavy atom. The van der Waals surface area contributed by atoms with E-state index in [1.54, 1.807) is 6.07 Å². The lowest BCUT2D eigenvalue weighted by Crippen LogP contribution is -2.45. The van der Waals surface area contributed by atoms with Crippen LogP contribution < -0.4 is 21.3 Å². The van der Waals surface area contributed by atoms with Crippen molar-refractivity contribution in [3.8, 4) is 0 Å². The summed E-state index contributed by atoms with van der Waals surface area (Å²) >= 11 is 0.831. The predicted octanol–water partition coefficient (Wildman–Crippen LogP) is 6.29. The van der Waals surface area contributed by atoms with Crippen LogP contribution in [0.1, 0.15) is 80.6 Å². The smallest absolute Gasteiger partial charge is 0.273 e. The van der Waals surface area contributed by atoms with Crippen LogP contribution in [0.5, 0.6) is 0 Å². The topological polar surface area (TPSA) is 117 Å². The van der Waals surface area contributed by atoms with Gasteiger partial charge in [0.05, 0.1) is 5.69 Å². The minimum atomic E-state index is -1.17. The van der Waals surface area contributed by atoms with Gasteiger partial charge in [0.25, 0.3) is 11.8 Å². The number of halogens is 1. The summed E-state index contributed by atoms with van der Waals surface area (Å²) in [6.45, 7) is 4.12. The van der Waals surface area contributed by atoms with Crippen molar-refractivity contribution in [2.24, 2.45) is 0 Å². The Hall–Kier alpha value is -4.57. The number of anilines is 2. The third-order valence-electron chi connectivity index (χ3n) is 8.38. The van der Waals surface area contributed by atoms with E-state index >= 15 is 0 Å². The van der Waals surface area contributed by atoms with E-state index in [1.807, 2.05) is 56.3 Å². The molecule has 1 unspecified atom stereocenters. The monoisotopic (exact) mass is 627 g/mol. The number of nitrogens with zero attached hydrogens (tertiary/aromatic N) is 2. The first-order valence-electron chi connectivity index (χ1n) is 15.3. The highest BCUT2D eigenvalue weighted by molar-refractivity contribution is 7.09. The lowest BCUT2D eigenvalue weighted by Gasteiger charge is -2.32. The van der Waals surface area contributed by atoms with E-state index in [0.717, 1.165) is 60.3 Å². The van der Waals surface area contributed by atoms with Gasteiger partial charge in [-0.3, -0.25) is 19.3 Å². The average molecular weight is 628 g/mol. The summed E-state index contributed by atoms with van der Waals surface area (Å²) in [5, 5.41) is 6.00. The molecular weight excluding hydrogens is 589 g/mol. The number of hydrogen-bond acceptors (Lipinski definition) is 6. The molecule has 4 aromatic rings. The van der Waals surface area contributed by atoms with Crippen molar-refractivity contribution < 1.29 is 18.8 Å². The Morgan fingerprint density at radius 2 is 1.69 bits per heavy atom. The number of nitrogen functional groups attached to an aromatic ring is 1. The first-order valence-corrected chi connectivity index (χ1v) is 16.0. The zero-order chi connectivity index (χ0) is 31.9. The number of nitrogens with two attached hydrogens (primary N) is 1. The Bertz CT molecular complexity index is 1650. The summed E-state index contributed by atoms with van der Waals surface area (Å²) in [4.78, 5) is 43.3. The predicted molar refractivity (Wildman–Crippen MR) is 176 cm³/mol. The quantitative estimate of drug-likeness (QED) is 0.191. The van der Waals surface area contributed by atoms with E-state index in [0.29, 0.717) is 24.2 Å². The van der Waals surface area contributed by atoms with Crippen LogP contribution >= 0.6 is 11.5 Å². The van der Waals surface area contributed by atoms with E-state index in [1.165, 1.54) is 29.2 Å². The molecule has 0 saturated heterocycles. The molecule has 3 amide bonds. The second kappa shape index (κ2) is 14.5. The fraction of sp³-hybridized carbons (Fsp3) is 0.314. The number of carbonyl (C=O) groups excluding carboxylic acids is 3. The number of hydrogen-bond donors (Lipinski definition) is 3. The van der Waals surface area contributed by atoms with Gasteiger partial charge in [-0.25, -0.2) is 4.39 Å². The standard InChI is InChI=1S/C35H38FN5O3S/c1-22-10-9-15-28(23(22)2)41(35(44)32-29(37)30(40-45-32)33(42)39-27-13-7-4-8-14-27)31(25-16-18-26(36)19-17-25)34(43)38-21-20-24-11-5-3-6-12-24/h3,5-6,9-12,15-19,27,31H,4,7-8,13-14,20-21,37H2,1-2H3,(H,38,43)(H,39,42). The van der Waals surface area contributed by atoms with Gasteiger partial charge in [-0.15, -0.1) is 0 Å². The maximum absolute atomic E-state index is 14.6. The Labute approximate surface area is 267 Å². The summed E-state index contributed by atoms with van der Waals surface area (Å²) in [5.41, 5.74) is 10.1. The normalized spacial score (nSPS) is 14.0. The van der Waals surface area contributed by atoms with Crippen LogP contribution in [0.15, 0.2) is 72.8 Å². The largest absolute Gasteiger partial charge is 0.395 e. The number of aromatic nitrogens is 1. The number of aryl methyl sites for hydroxylation is 1. The molecule has 1 aromatic heterocycles. The van der Waals surface area contributed by atoms with Crippen molar-refractivity contribution in [2.45, 2.75) is 64.5 Å². The van der Waals surface area contributed by atoms with Crippen molar-refractivity contribution in [3.63, 3.8) is 0 Å². The van der Waals surface area contributed by atoms with Crippen LogP contribution in [0.2, 0.25) is 0 Å². The Morgan fingerprint density at radius 3 is 2.40 bits per heavy atom. The highest BCUT2D eigenvalue weighted by Gasteiger charge is 2.37. The summed E-state index contributed by atoms with van der Waals surface area (Å²) in [5.74, 6) is -1.90. The highest BCUT2D eigenvalue weighted by Crippen LogP contribution is 2.36. The van der Waals surface area contributed by atoms with Crippen LogP contribution in [0, 0.1) is 19.7 Å². The van der Waals surface area contributed by atoms with E-state index in [4.69, 9.17) is 5.73 Å². The van der Waals surface area contributed by atoms with Crippen molar-refractivity contribution in [1.82, 2.24) is 15.0 Å². The molecule has 0 spiro atoms. The summed E-state index contributed by atoms with van der Waals surface area (Å²) in [7, 11) is 0. The third kappa shape index (κ3) is 7.39. The molecule has 45 heavy (non-hydrogen) atoms. The zero-order valence-electron chi connectivity index (χ0n) is 25.5. The molecule has 1 aliphatic rings. The fourth-order valence-electron chi connectivity index (χ4n) is 5.72. The van der Waals surface area contributed by atoms with E-state index in [2.05, 4.69) is 15.0 Å². The number of rotatable bonds is 10. The second-order valence-electron chi connectivity index (χ2n) is 11.5. The van der Waals surface area contributed by atoms with Gasteiger partial charge in [-0.2, -0.15) is 4.37 Å². The molecule has 5 rings (SSSR count). The average Bonchev–Trinajstić information content (AvgIpc) is 3.44. The zero-order valence-corrected chi connectivity index (χ0v) is 26.3. The number of nitrogens with one attached hydrogen (secondary N) is 2. The van der Waals surface area contributed by atoms with Gasteiger partial charge in [-0.1, -0.05) is 73.9 Å². The van der Waals surface area contributed by atoms with Crippen molar-refractivity contribution in [2.75, 3.05) is 17.2 Å². The maximum atomic E-state index is 14.6. The highest BCUT2D eigenvalue weighted by atomic mass is 32.1. The van der Waals surface area contributed by atoms with Crippen LogP contribution in [-0.2, 0) is 11.2 Å². The number of carbonyl (C=O) groups is 3. The molecule has 3 aromatic carbocycles. The Kier molecular flexibility index (Phi) is 10.2. The van der Waals surface area contributed by atoms with Crippen molar-refractivity contribution in [1.29, 1.82) is 0 Å². The van der Waals surface area contributed by atoms with Gasteiger partial charge in [0.1, 0.15) is 16.7 Å². The van der Waals surface area contributed by atoms with Crippen LogP contribution in [0.25, 0.3) is 0 Å². The van der Waals surface area contributed by atoms with Crippen LogP contribution in [0.4, 0.5) is 15.8 Å². The SMILES string of the molecule is Cc1cccc(N(C(=O)c2snc(C(=O)NC3CCCCC3)c2N)C(C(=O)NCCc2ccccc2)c2ccc(F)cc2)c1C. The first kappa shape index (κ1) is 31.8. The number of benzene rings is 3. The summed E-state index contributed by atoms with van der Waals surface area (Å²) in [6, 6.07) is 19.6. The molecular formula is C35H38FN5O3S. The summed E-state index contributed by atoms with van der Waals surface area (Å²) < 4.78 is 18.4. The molecule has 0 aliphatic heterocycles. The molecule has 1 fully saturated rings.